The first kappa shape index (κ1) is 12.5. The molecule has 2 aromatic heterocycles. The summed E-state index contributed by atoms with van der Waals surface area (Å²) in [5.41, 5.74) is 0.599. The van der Waals surface area contributed by atoms with E-state index in [9.17, 15) is 4.79 Å². The first-order valence-electron chi connectivity index (χ1n) is 5.86. The number of carboxylic acids is 1. The van der Waals surface area contributed by atoms with Gasteiger partial charge in [0.2, 0.25) is 5.82 Å². The molecule has 3 aromatic rings. The first-order chi connectivity index (χ1) is 9.74. The van der Waals surface area contributed by atoms with Crippen LogP contribution < -0.4 is 5.32 Å². The van der Waals surface area contributed by atoms with Gasteiger partial charge in [0.1, 0.15) is 10.8 Å². The van der Waals surface area contributed by atoms with Gasteiger partial charge in [0.05, 0.1) is 12.1 Å². The zero-order chi connectivity index (χ0) is 13.9. The predicted octanol–water partition coefficient (Wildman–Crippen LogP) is 2.40. The number of carboxylic acid groups (broad SMARTS) is 1. The van der Waals surface area contributed by atoms with Crippen molar-refractivity contribution < 1.29 is 9.90 Å². The number of thiazole rings is 1. The molecule has 0 saturated carbocycles. The first-order valence-corrected chi connectivity index (χ1v) is 6.74. The third-order valence-electron chi connectivity index (χ3n) is 2.69. The van der Waals surface area contributed by atoms with E-state index in [0.29, 0.717) is 17.9 Å². The normalized spacial score (nSPS) is 10.6. The number of carbonyl (C=O) groups is 1. The van der Waals surface area contributed by atoms with Crippen molar-refractivity contribution in [3.05, 3.63) is 46.7 Å². The number of hydrogen-bond donors (Lipinski definition) is 2. The van der Waals surface area contributed by atoms with Crippen LogP contribution >= 0.6 is 11.3 Å². The standard InChI is InChI=1S/C13H10N4O2S/c18-13(19)12-16-9-4-2-1-3-8(9)11(17-12)15-7-10-14-5-6-20-10/h1-6H,7H2,(H,18,19)(H,15,16,17). The summed E-state index contributed by atoms with van der Waals surface area (Å²) in [6, 6.07) is 7.29. The van der Waals surface area contributed by atoms with Crippen LogP contribution in [-0.4, -0.2) is 26.0 Å². The Morgan fingerprint density at radius 1 is 1.30 bits per heavy atom. The van der Waals surface area contributed by atoms with Gasteiger partial charge < -0.3 is 10.4 Å². The van der Waals surface area contributed by atoms with Gasteiger partial charge >= 0.3 is 5.97 Å². The zero-order valence-electron chi connectivity index (χ0n) is 10.3. The Balaban J connectivity index is 2.00. The lowest BCUT2D eigenvalue weighted by atomic mass is 10.2. The molecule has 6 nitrogen and oxygen atoms in total. The summed E-state index contributed by atoms with van der Waals surface area (Å²) in [5, 5.41) is 15.8. The molecule has 7 heteroatoms. The number of para-hydroxylation sites is 1. The highest BCUT2D eigenvalue weighted by atomic mass is 32.1. The number of aromatic carboxylic acids is 1. The van der Waals surface area contributed by atoms with Crippen molar-refractivity contribution >= 4 is 34.0 Å². The highest BCUT2D eigenvalue weighted by molar-refractivity contribution is 7.09. The molecular formula is C13H10N4O2S. The predicted molar refractivity (Wildman–Crippen MR) is 75.9 cm³/mol. The largest absolute Gasteiger partial charge is 0.475 e. The molecule has 0 aliphatic heterocycles. The third-order valence-corrected chi connectivity index (χ3v) is 3.46. The molecule has 0 aliphatic rings. The van der Waals surface area contributed by atoms with Crippen molar-refractivity contribution in [2.24, 2.45) is 0 Å². The van der Waals surface area contributed by atoms with Crippen LogP contribution in [0.3, 0.4) is 0 Å². The number of rotatable bonds is 4. The number of anilines is 1. The second-order valence-electron chi connectivity index (χ2n) is 4.00. The SMILES string of the molecule is O=C(O)c1nc(NCc2nccs2)c2ccccc2n1. The summed E-state index contributed by atoms with van der Waals surface area (Å²) in [6.07, 6.45) is 1.72. The molecule has 2 N–H and O–H groups in total. The van der Waals surface area contributed by atoms with E-state index < -0.39 is 5.97 Å². The summed E-state index contributed by atoms with van der Waals surface area (Å²) in [5.74, 6) is -0.860. The second kappa shape index (κ2) is 5.22. The van der Waals surface area contributed by atoms with Crippen molar-refractivity contribution in [2.75, 3.05) is 5.32 Å². The molecule has 0 saturated heterocycles. The van der Waals surface area contributed by atoms with Crippen LogP contribution in [0.4, 0.5) is 5.82 Å². The minimum absolute atomic E-state index is 0.217. The van der Waals surface area contributed by atoms with E-state index in [2.05, 4.69) is 20.3 Å². The van der Waals surface area contributed by atoms with Gasteiger partial charge in [-0.15, -0.1) is 11.3 Å². The summed E-state index contributed by atoms with van der Waals surface area (Å²) in [6.45, 7) is 0.498. The second-order valence-corrected chi connectivity index (χ2v) is 4.98. The summed E-state index contributed by atoms with van der Waals surface area (Å²) in [7, 11) is 0. The van der Waals surface area contributed by atoms with Gasteiger partial charge in [-0.25, -0.2) is 19.7 Å². The van der Waals surface area contributed by atoms with Crippen LogP contribution in [0.15, 0.2) is 35.8 Å². The van der Waals surface area contributed by atoms with Crippen LogP contribution in [0.2, 0.25) is 0 Å². The van der Waals surface area contributed by atoms with E-state index in [1.54, 1.807) is 12.3 Å². The smallest absolute Gasteiger partial charge is 0.374 e. The Hall–Kier alpha value is -2.54. The maximum atomic E-state index is 11.1. The van der Waals surface area contributed by atoms with Crippen LogP contribution in [-0.2, 0) is 6.54 Å². The molecule has 2 heterocycles. The van der Waals surface area contributed by atoms with Crippen molar-refractivity contribution in [3.63, 3.8) is 0 Å². The molecule has 0 amide bonds. The van der Waals surface area contributed by atoms with Gasteiger partial charge in [0, 0.05) is 17.0 Å². The molecule has 0 radical (unpaired) electrons. The number of nitrogens with zero attached hydrogens (tertiary/aromatic N) is 3. The third kappa shape index (κ3) is 2.43. The Labute approximate surface area is 118 Å². The minimum Gasteiger partial charge on any atom is -0.475 e. The van der Waals surface area contributed by atoms with Crippen molar-refractivity contribution in [3.8, 4) is 0 Å². The fraction of sp³-hybridized carbons (Fsp3) is 0.0769. The van der Waals surface area contributed by atoms with Crippen LogP contribution in [0.25, 0.3) is 10.9 Å². The van der Waals surface area contributed by atoms with Crippen LogP contribution in [0, 0.1) is 0 Å². The fourth-order valence-corrected chi connectivity index (χ4v) is 2.36. The molecule has 1 aromatic carbocycles. The van der Waals surface area contributed by atoms with E-state index in [1.165, 1.54) is 11.3 Å². The molecule has 20 heavy (non-hydrogen) atoms. The molecule has 3 rings (SSSR count). The number of benzene rings is 1. The van der Waals surface area contributed by atoms with Gasteiger partial charge in [-0.1, -0.05) is 12.1 Å². The lowest BCUT2D eigenvalue weighted by molar-refractivity contribution is 0.0684. The highest BCUT2D eigenvalue weighted by Crippen LogP contribution is 2.21. The van der Waals surface area contributed by atoms with Gasteiger partial charge in [0.15, 0.2) is 0 Å². The van der Waals surface area contributed by atoms with E-state index in [4.69, 9.17) is 5.11 Å². The monoisotopic (exact) mass is 286 g/mol. The molecule has 100 valence electrons. The summed E-state index contributed by atoms with van der Waals surface area (Å²) >= 11 is 1.52. The van der Waals surface area contributed by atoms with E-state index in [1.807, 2.05) is 23.6 Å². The van der Waals surface area contributed by atoms with E-state index in [0.717, 1.165) is 10.4 Å². The lowest BCUT2D eigenvalue weighted by Crippen LogP contribution is -2.09. The summed E-state index contributed by atoms with van der Waals surface area (Å²) in [4.78, 5) is 23.3. The van der Waals surface area contributed by atoms with Crippen LogP contribution in [0.5, 0.6) is 0 Å². The average molecular weight is 286 g/mol. The molecule has 0 fully saturated rings. The quantitative estimate of drug-likeness (QED) is 0.765. The van der Waals surface area contributed by atoms with Crippen LogP contribution in [0.1, 0.15) is 15.6 Å². The van der Waals surface area contributed by atoms with Crippen molar-refractivity contribution in [1.82, 2.24) is 15.0 Å². The number of hydrogen-bond acceptors (Lipinski definition) is 6. The molecule has 0 bridgehead atoms. The fourth-order valence-electron chi connectivity index (χ4n) is 1.81. The van der Waals surface area contributed by atoms with E-state index >= 15 is 0 Å². The minimum atomic E-state index is -1.15. The Morgan fingerprint density at radius 2 is 2.15 bits per heavy atom. The Kier molecular flexibility index (Phi) is 3.26. The zero-order valence-corrected chi connectivity index (χ0v) is 11.1. The Bertz CT molecular complexity index is 758. The summed E-state index contributed by atoms with van der Waals surface area (Å²) < 4.78 is 0. The average Bonchev–Trinajstić information content (AvgIpc) is 2.97. The maximum absolute atomic E-state index is 11.1. The van der Waals surface area contributed by atoms with Crippen molar-refractivity contribution in [2.45, 2.75) is 6.54 Å². The maximum Gasteiger partial charge on any atom is 0.374 e. The van der Waals surface area contributed by atoms with Gasteiger partial charge in [-0.3, -0.25) is 0 Å². The topological polar surface area (TPSA) is 88.0 Å². The van der Waals surface area contributed by atoms with Gasteiger partial charge in [-0.05, 0) is 12.1 Å². The van der Waals surface area contributed by atoms with Gasteiger partial charge in [-0.2, -0.15) is 0 Å². The molecule has 0 unspecified atom stereocenters. The molecule has 0 aliphatic carbocycles. The lowest BCUT2D eigenvalue weighted by Gasteiger charge is -2.08. The number of nitrogens with one attached hydrogen (secondary N) is 1. The molecular weight excluding hydrogens is 276 g/mol. The highest BCUT2D eigenvalue weighted by Gasteiger charge is 2.12. The van der Waals surface area contributed by atoms with Crippen molar-refractivity contribution in [1.29, 1.82) is 0 Å². The number of aromatic nitrogens is 3. The molecule has 0 atom stereocenters. The molecule has 0 spiro atoms. The van der Waals surface area contributed by atoms with Gasteiger partial charge in [0.25, 0.3) is 0 Å². The number of fused-ring (bicyclic) bond motifs is 1. The van der Waals surface area contributed by atoms with E-state index in [-0.39, 0.29) is 5.82 Å². The Morgan fingerprint density at radius 3 is 2.90 bits per heavy atom.